The molecule has 7 aromatic rings. The fourth-order valence-corrected chi connectivity index (χ4v) is 7.57. The third-order valence-electron chi connectivity index (χ3n) is 10.4. The van der Waals surface area contributed by atoms with Crippen molar-refractivity contribution >= 4 is 68.3 Å². The number of nitrogens with zero attached hydrogens (tertiary/aromatic N) is 6. The van der Waals surface area contributed by atoms with Crippen molar-refractivity contribution in [2.24, 2.45) is 0 Å². The highest BCUT2D eigenvalue weighted by molar-refractivity contribution is 6.28. The number of fused-ring (bicyclic) bond motifs is 2. The van der Waals surface area contributed by atoms with Gasteiger partial charge in [0.1, 0.15) is 29.6 Å². The summed E-state index contributed by atoms with van der Waals surface area (Å²) in [7, 11) is 3.20. The molecule has 2 amide bonds. The number of hydrogen-bond acceptors (Lipinski definition) is 15. The zero-order valence-electron chi connectivity index (χ0n) is 40.4. The van der Waals surface area contributed by atoms with Gasteiger partial charge in [0.05, 0.1) is 51.5 Å². The molecule has 0 atom stereocenters. The third-order valence-corrected chi connectivity index (χ3v) is 10.6. The van der Waals surface area contributed by atoms with Crippen molar-refractivity contribution in [2.75, 3.05) is 69.0 Å². The Labute approximate surface area is 411 Å². The fourth-order valence-electron chi connectivity index (χ4n) is 7.43. The number of carbonyl (C=O) groups excluding carboxylic acids is 2. The monoisotopic (exact) mass is 973 g/mol. The molecular formula is C52H56ClN7O10. The second kappa shape index (κ2) is 22.9. The van der Waals surface area contributed by atoms with E-state index in [-0.39, 0.29) is 23.0 Å². The summed E-state index contributed by atoms with van der Waals surface area (Å²) >= 11 is 6.02. The summed E-state index contributed by atoms with van der Waals surface area (Å²) in [4.78, 5) is 49.1. The second-order valence-corrected chi connectivity index (χ2v) is 17.9. The summed E-state index contributed by atoms with van der Waals surface area (Å²) < 4.78 is 45.8. The van der Waals surface area contributed by atoms with Crippen LogP contribution in [0.2, 0.25) is 5.28 Å². The molecule has 0 unspecified atom stereocenters. The van der Waals surface area contributed by atoms with E-state index in [1.54, 1.807) is 75.0 Å². The number of hydrogen-bond donors (Lipinski definition) is 1. The van der Waals surface area contributed by atoms with Gasteiger partial charge in [0.25, 0.3) is 0 Å². The maximum atomic E-state index is 14.5. The zero-order chi connectivity index (χ0) is 49.8. The van der Waals surface area contributed by atoms with Crippen LogP contribution in [-0.4, -0.2) is 97.1 Å². The first kappa shape index (κ1) is 50.6. The number of rotatable bonds is 19. The lowest BCUT2D eigenvalue weighted by Gasteiger charge is -2.38. The van der Waals surface area contributed by atoms with Gasteiger partial charge in [-0.15, -0.1) is 0 Å². The molecule has 0 saturated heterocycles. The largest absolute Gasteiger partial charge is 0.497 e. The maximum absolute atomic E-state index is 14.5. The number of amides is 2. The number of benzene rings is 5. The molecule has 0 fully saturated rings. The molecule has 2 heterocycles. The average molecular weight is 975 g/mol. The molecule has 17 nitrogen and oxygen atoms in total. The van der Waals surface area contributed by atoms with Gasteiger partial charge in [-0.25, -0.2) is 19.6 Å². The van der Waals surface area contributed by atoms with E-state index in [2.05, 4.69) is 25.3 Å². The van der Waals surface area contributed by atoms with Crippen molar-refractivity contribution < 1.29 is 47.5 Å². The summed E-state index contributed by atoms with van der Waals surface area (Å²) in [6, 6.07) is 30.5. The van der Waals surface area contributed by atoms with Crippen LogP contribution in [0.4, 0.5) is 32.6 Å². The first-order valence-electron chi connectivity index (χ1n) is 22.4. The number of carbonyl (C=O) groups is 2. The number of ether oxygens (including phenoxy) is 8. The van der Waals surface area contributed by atoms with Crippen molar-refractivity contribution in [1.29, 1.82) is 0 Å². The van der Waals surface area contributed by atoms with Crippen LogP contribution in [0.1, 0.15) is 41.5 Å². The molecule has 7 rings (SSSR count). The van der Waals surface area contributed by atoms with Crippen LogP contribution in [-0.2, 0) is 18.9 Å². The third kappa shape index (κ3) is 12.9. The topological polar surface area (TPSA) is 178 Å². The Balaban J connectivity index is 1.09. The van der Waals surface area contributed by atoms with Gasteiger partial charge < -0.3 is 43.2 Å². The van der Waals surface area contributed by atoms with Crippen molar-refractivity contribution in [3.63, 3.8) is 0 Å². The van der Waals surface area contributed by atoms with E-state index in [0.717, 1.165) is 0 Å². The number of halogens is 1. The van der Waals surface area contributed by atoms with Gasteiger partial charge >= 0.3 is 12.2 Å². The molecule has 0 radical (unpaired) electrons. The van der Waals surface area contributed by atoms with E-state index in [9.17, 15) is 9.59 Å². The van der Waals surface area contributed by atoms with Gasteiger partial charge in [0.2, 0.25) is 23.0 Å². The molecule has 0 aliphatic heterocycles. The van der Waals surface area contributed by atoms with Crippen LogP contribution >= 0.6 is 11.6 Å². The van der Waals surface area contributed by atoms with Crippen LogP contribution in [0.25, 0.3) is 21.5 Å². The molecule has 0 saturated carbocycles. The Bertz CT molecular complexity index is 2930. The van der Waals surface area contributed by atoms with Crippen LogP contribution < -0.4 is 34.1 Å². The average Bonchev–Trinajstić information content (AvgIpc) is 3.31. The predicted molar refractivity (Wildman–Crippen MR) is 269 cm³/mol. The SMILES string of the molecule is COCCOCCOCCOc1cc(Nc2nccc(Oc3ccc(N(C(=O)OC(=O)N(c4ccc(Oc5ccnc(Cl)n5)c5ccccc45)C(C)(C)C)C(C)(C)C)c4ccccc34)n2)cc(OC)c1. The summed E-state index contributed by atoms with van der Waals surface area (Å²) in [5.41, 5.74) is -0.0993. The molecule has 0 aliphatic carbocycles. The highest BCUT2D eigenvalue weighted by atomic mass is 35.5. The first-order valence-corrected chi connectivity index (χ1v) is 22.8. The minimum absolute atomic E-state index is 0.0411. The lowest BCUT2D eigenvalue weighted by atomic mass is 10.0. The van der Waals surface area contributed by atoms with E-state index >= 15 is 0 Å². The minimum Gasteiger partial charge on any atom is -0.497 e. The molecule has 2 aromatic heterocycles. The van der Waals surface area contributed by atoms with Crippen LogP contribution in [0.15, 0.2) is 116 Å². The minimum atomic E-state index is -0.874. The number of nitrogens with one attached hydrogen (secondary N) is 1. The van der Waals surface area contributed by atoms with E-state index in [1.165, 1.54) is 16.0 Å². The van der Waals surface area contributed by atoms with Crippen LogP contribution in [0.3, 0.4) is 0 Å². The highest BCUT2D eigenvalue weighted by Crippen LogP contribution is 2.41. The van der Waals surface area contributed by atoms with Crippen molar-refractivity contribution in [3.8, 4) is 34.8 Å². The quantitative estimate of drug-likeness (QED) is 0.0459. The van der Waals surface area contributed by atoms with Gasteiger partial charge in [-0.05, 0) is 77.4 Å². The molecule has 70 heavy (non-hydrogen) atoms. The molecule has 0 bridgehead atoms. The lowest BCUT2D eigenvalue weighted by molar-refractivity contribution is 0.0179. The van der Waals surface area contributed by atoms with Crippen molar-refractivity contribution in [2.45, 2.75) is 52.6 Å². The van der Waals surface area contributed by atoms with E-state index in [1.807, 2.05) is 90.1 Å². The smallest absolute Gasteiger partial charge is 0.423 e. The standard InChI is InChI=1S/C52H56ClN7O10/c1-51(2,3)59(41-17-19-43(39-15-11-9-13-37(39)41)68-45-21-23-54-47(53)57-45)49(61)70-50(62)60(52(4,5)6)42-18-20-44(40-16-12-10-14-38(40)42)69-46-22-24-55-48(58-46)56-34-31-35(64-8)33-36(32-34)67-30-29-66-28-27-65-26-25-63-7/h9-24,31-33H,25-30H2,1-8H3,(H,55,56,58). The summed E-state index contributed by atoms with van der Waals surface area (Å²) in [6.45, 7) is 13.8. The fraction of sp³-hybridized carbons (Fsp3) is 0.308. The van der Waals surface area contributed by atoms with Crippen molar-refractivity contribution in [1.82, 2.24) is 19.9 Å². The molecule has 0 spiro atoms. The lowest BCUT2D eigenvalue weighted by Crippen LogP contribution is -2.51. The Morgan fingerprint density at radius 2 is 1.09 bits per heavy atom. The normalized spacial score (nSPS) is 11.6. The van der Waals surface area contributed by atoms with Gasteiger partial charge in [-0.3, -0.25) is 9.80 Å². The Kier molecular flexibility index (Phi) is 16.5. The molecular weight excluding hydrogens is 918 g/mol. The van der Waals surface area contributed by atoms with Gasteiger partial charge in [-0.2, -0.15) is 9.97 Å². The molecule has 1 N–H and O–H groups in total. The Morgan fingerprint density at radius 3 is 1.61 bits per heavy atom. The summed E-state index contributed by atoms with van der Waals surface area (Å²) in [5, 5.41) is 5.95. The summed E-state index contributed by atoms with van der Waals surface area (Å²) in [6.07, 6.45) is 1.33. The Hall–Kier alpha value is -7.31. The van der Waals surface area contributed by atoms with Crippen LogP contribution in [0, 0.1) is 0 Å². The van der Waals surface area contributed by atoms with Gasteiger partial charge in [0.15, 0.2) is 0 Å². The second-order valence-electron chi connectivity index (χ2n) is 17.6. The van der Waals surface area contributed by atoms with E-state index in [4.69, 9.17) is 49.5 Å². The molecule has 0 aliphatic rings. The van der Waals surface area contributed by atoms with Gasteiger partial charge in [0, 0.05) is 88.1 Å². The van der Waals surface area contributed by atoms with E-state index in [0.29, 0.717) is 101 Å². The van der Waals surface area contributed by atoms with Gasteiger partial charge in [-0.1, -0.05) is 48.5 Å². The molecule has 366 valence electrons. The summed E-state index contributed by atoms with van der Waals surface area (Å²) in [5.74, 6) is 2.82. The molecule has 18 heteroatoms. The predicted octanol–water partition coefficient (Wildman–Crippen LogP) is 11.8. The molecule has 5 aromatic carbocycles. The maximum Gasteiger partial charge on any atom is 0.423 e. The van der Waals surface area contributed by atoms with E-state index < -0.39 is 23.3 Å². The highest BCUT2D eigenvalue weighted by Gasteiger charge is 2.37. The Morgan fingerprint density at radius 1 is 0.586 bits per heavy atom. The number of anilines is 4. The zero-order valence-corrected chi connectivity index (χ0v) is 41.1. The number of aromatic nitrogens is 4. The number of methoxy groups -OCH3 is 2. The van der Waals surface area contributed by atoms with Crippen molar-refractivity contribution in [3.05, 3.63) is 121 Å². The van der Waals surface area contributed by atoms with Crippen LogP contribution in [0.5, 0.6) is 34.8 Å². The first-order chi connectivity index (χ1) is 33.6.